The van der Waals surface area contributed by atoms with Gasteiger partial charge in [0, 0.05) is 17.1 Å². The maximum Gasteiger partial charge on any atom is 0.0520 e. The molecule has 1 heteroatoms. The molecule has 1 aromatic heterocycles. The van der Waals surface area contributed by atoms with Crippen molar-refractivity contribution in [2.45, 2.75) is 46.1 Å². The molecule has 16 heavy (non-hydrogen) atoms. The molecule has 0 radical (unpaired) electrons. The van der Waals surface area contributed by atoms with E-state index in [1.54, 1.807) is 11.1 Å². The average Bonchev–Trinajstić information content (AvgIpc) is 2.58. The van der Waals surface area contributed by atoms with E-state index in [1.807, 2.05) is 0 Å². The van der Waals surface area contributed by atoms with E-state index in [4.69, 9.17) is 0 Å². The first-order valence-corrected chi connectivity index (χ1v) is 6.35. The van der Waals surface area contributed by atoms with Crippen molar-refractivity contribution in [1.82, 2.24) is 4.57 Å². The third-order valence-corrected chi connectivity index (χ3v) is 4.11. The van der Waals surface area contributed by atoms with Gasteiger partial charge in [0.1, 0.15) is 0 Å². The van der Waals surface area contributed by atoms with Crippen LogP contribution in [0.15, 0.2) is 18.2 Å². The van der Waals surface area contributed by atoms with Gasteiger partial charge in [0.05, 0.1) is 5.52 Å². The fraction of sp³-hybridized carbons (Fsp3) is 0.467. The van der Waals surface area contributed by atoms with Crippen LogP contribution in [0.2, 0.25) is 0 Å². The Kier molecular flexibility index (Phi) is 2.10. The Morgan fingerprint density at radius 3 is 2.94 bits per heavy atom. The van der Waals surface area contributed by atoms with E-state index >= 15 is 0 Å². The van der Waals surface area contributed by atoms with Crippen LogP contribution in [-0.4, -0.2) is 4.57 Å². The van der Waals surface area contributed by atoms with Crippen LogP contribution in [0.1, 0.15) is 43.1 Å². The summed E-state index contributed by atoms with van der Waals surface area (Å²) >= 11 is 0. The molecule has 0 spiro atoms. The first kappa shape index (κ1) is 9.95. The lowest BCUT2D eigenvalue weighted by Crippen LogP contribution is -2.13. The van der Waals surface area contributed by atoms with Crippen LogP contribution in [0.5, 0.6) is 0 Å². The van der Waals surface area contributed by atoms with Crippen LogP contribution in [0.4, 0.5) is 0 Å². The molecule has 3 rings (SSSR count). The van der Waals surface area contributed by atoms with E-state index in [1.165, 1.54) is 29.4 Å². The highest BCUT2D eigenvalue weighted by molar-refractivity contribution is 5.89. The number of rotatable bonds is 1. The predicted molar refractivity (Wildman–Crippen MR) is 69.1 cm³/mol. The number of aryl methyl sites for hydroxylation is 2. The summed E-state index contributed by atoms with van der Waals surface area (Å²) in [6.07, 6.45) is 3.67. The van der Waals surface area contributed by atoms with Crippen molar-refractivity contribution in [2.24, 2.45) is 0 Å². The monoisotopic (exact) mass is 213 g/mol. The molecule has 0 N–H and O–H groups in total. The molecular weight excluding hydrogens is 194 g/mol. The maximum absolute atomic E-state index is 2.56. The third-order valence-electron chi connectivity index (χ3n) is 4.11. The molecule has 0 aliphatic carbocycles. The summed E-state index contributed by atoms with van der Waals surface area (Å²) in [5.74, 6) is 0. The standard InChI is InChI=1S/C15H19N/c1-4-13-11(3)16-10(2)8-9-12-6-5-7-14(13)15(12)16/h5-7,10H,4,8-9H2,1-3H3. The SMILES string of the molecule is CCc1c(C)n2c3c(cccc13)CCC2C. The fourth-order valence-electron chi connectivity index (χ4n) is 3.32. The zero-order chi connectivity index (χ0) is 11.3. The Bertz CT molecular complexity index is 548. The van der Waals surface area contributed by atoms with Crippen molar-refractivity contribution in [3.63, 3.8) is 0 Å². The Labute approximate surface area is 97.1 Å². The number of benzene rings is 1. The molecule has 1 unspecified atom stereocenters. The van der Waals surface area contributed by atoms with E-state index in [9.17, 15) is 0 Å². The zero-order valence-corrected chi connectivity index (χ0v) is 10.4. The summed E-state index contributed by atoms with van der Waals surface area (Å²) in [6.45, 7) is 6.90. The minimum absolute atomic E-state index is 0.665. The van der Waals surface area contributed by atoms with Gasteiger partial charge in [0.15, 0.2) is 0 Å². The number of para-hydroxylation sites is 1. The number of hydrogen-bond acceptors (Lipinski definition) is 0. The molecule has 1 atom stereocenters. The van der Waals surface area contributed by atoms with Crippen molar-refractivity contribution in [2.75, 3.05) is 0 Å². The van der Waals surface area contributed by atoms with Crippen molar-refractivity contribution < 1.29 is 0 Å². The predicted octanol–water partition coefficient (Wildman–Crippen LogP) is 4.02. The third kappa shape index (κ3) is 1.12. The number of hydrogen-bond donors (Lipinski definition) is 0. The largest absolute Gasteiger partial charge is 0.342 e. The van der Waals surface area contributed by atoms with Crippen molar-refractivity contribution in [1.29, 1.82) is 0 Å². The molecule has 0 fully saturated rings. The fourth-order valence-corrected chi connectivity index (χ4v) is 3.32. The number of aromatic nitrogens is 1. The van der Waals surface area contributed by atoms with Gasteiger partial charge in [-0.15, -0.1) is 0 Å². The van der Waals surface area contributed by atoms with Crippen molar-refractivity contribution in [3.8, 4) is 0 Å². The van der Waals surface area contributed by atoms with Gasteiger partial charge in [0.2, 0.25) is 0 Å². The minimum Gasteiger partial charge on any atom is -0.342 e. The maximum atomic E-state index is 2.56. The molecule has 0 saturated carbocycles. The van der Waals surface area contributed by atoms with Gasteiger partial charge in [-0.25, -0.2) is 0 Å². The highest BCUT2D eigenvalue weighted by atomic mass is 15.0. The quantitative estimate of drug-likeness (QED) is 0.674. The van der Waals surface area contributed by atoms with E-state index in [0.29, 0.717) is 6.04 Å². The van der Waals surface area contributed by atoms with Crippen molar-refractivity contribution in [3.05, 3.63) is 35.0 Å². The highest BCUT2D eigenvalue weighted by Gasteiger charge is 2.22. The van der Waals surface area contributed by atoms with Crippen LogP contribution in [0.3, 0.4) is 0 Å². The number of nitrogens with zero attached hydrogens (tertiary/aromatic N) is 1. The van der Waals surface area contributed by atoms with E-state index in [-0.39, 0.29) is 0 Å². The molecule has 0 amide bonds. The summed E-state index contributed by atoms with van der Waals surface area (Å²) in [6, 6.07) is 7.47. The average molecular weight is 213 g/mol. The molecule has 1 aromatic carbocycles. The smallest absolute Gasteiger partial charge is 0.0520 e. The Balaban J connectivity index is 2.48. The molecule has 2 aromatic rings. The normalized spacial score (nSPS) is 19.3. The van der Waals surface area contributed by atoms with E-state index < -0.39 is 0 Å². The first-order chi connectivity index (χ1) is 7.74. The Morgan fingerprint density at radius 2 is 2.19 bits per heavy atom. The Morgan fingerprint density at radius 1 is 1.38 bits per heavy atom. The molecule has 84 valence electrons. The minimum atomic E-state index is 0.665. The molecular formula is C15H19N. The van der Waals surface area contributed by atoms with E-state index in [2.05, 4.69) is 43.5 Å². The summed E-state index contributed by atoms with van der Waals surface area (Å²) in [5, 5.41) is 1.49. The van der Waals surface area contributed by atoms with Gasteiger partial charge in [0.25, 0.3) is 0 Å². The van der Waals surface area contributed by atoms with Crippen LogP contribution in [0, 0.1) is 6.92 Å². The van der Waals surface area contributed by atoms with Gasteiger partial charge in [-0.2, -0.15) is 0 Å². The summed E-state index contributed by atoms with van der Waals surface area (Å²) in [4.78, 5) is 0. The highest BCUT2D eigenvalue weighted by Crippen LogP contribution is 2.36. The lowest BCUT2D eigenvalue weighted by Gasteiger charge is -2.24. The van der Waals surface area contributed by atoms with Gasteiger partial charge in [-0.3, -0.25) is 0 Å². The lowest BCUT2D eigenvalue weighted by molar-refractivity contribution is 0.494. The van der Waals surface area contributed by atoms with Crippen LogP contribution < -0.4 is 0 Å². The van der Waals surface area contributed by atoms with Crippen LogP contribution in [0.25, 0.3) is 10.9 Å². The summed E-state index contributed by atoms with van der Waals surface area (Å²) in [7, 11) is 0. The van der Waals surface area contributed by atoms with Gasteiger partial charge in [-0.05, 0) is 44.2 Å². The second kappa shape index (κ2) is 3.38. The lowest BCUT2D eigenvalue weighted by atomic mass is 9.99. The molecule has 1 nitrogen and oxygen atoms in total. The van der Waals surface area contributed by atoms with Gasteiger partial charge >= 0.3 is 0 Å². The summed E-state index contributed by atoms with van der Waals surface area (Å²) in [5.41, 5.74) is 6.08. The molecule has 0 bridgehead atoms. The zero-order valence-electron chi connectivity index (χ0n) is 10.4. The second-order valence-electron chi connectivity index (χ2n) is 4.99. The van der Waals surface area contributed by atoms with Crippen LogP contribution >= 0.6 is 0 Å². The molecule has 1 aliphatic heterocycles. The summed E-state index contributed by atoms with van der Waals surface area (Å²) < 4.78 is 2.56. The van der Waals surface area contributed by atoms with Gasteiger partial charge in [-0.1, -0.05) is 25.1 Å². The van der Waals surface area contributed by atoms with E-state index in [0.717, 1.165) is 6.42 Å². The topological polar surface area (TPSA) is 4.93 Å². The Hall–Kier alpha value is -1.24. The van der Waals surface area contributed by atoms with Crippen molar-refractivity contribution >= 4 is 10.9 Å². The van der Waals surface area contributed by atoms with Crippen LogP contribution in [-0.2, 0) is 12.8 Å². The molecule has 1 aliphatic rings. The first-order valence-electron chi connectivity index (χ1n) is 6.35. The second-order valence-corrected chi connectivity index (χ2v) is 4.99. The molecule has 0 saturated heterocycles. The molecule has 2 heterocycles. The van der Waals surface area contributed by atoms with Gasteiger partial charge < -0.3 is 4.57 Å².